The molecule has 0 amide bonds. The molecule has 0 spiro atoms. The Hall–Kier alpha value is -3.03. The SMILES string of the molecule is Cc1cc(C2C(c3ccccn3)NC(=S)N2c2ccc(Br)cc2)c(C)n1-c1cccc(F)c1. The molecule has 2 aromatic carbocycles. The average Bonchev–Trinajstić information content (AvgIpc) is 3.30. The highest BCUT2D eigenvalue weighted by molar-refractivity contribution is 9.10. The van der Waals surface area contributed by atoms with Crippen molar-refractivity contribution in [1.29, 1.82) is 0 Å². The first-order valence-electron chi connectivity index (χ1n) is 10.6. The number of thiocarbonyl (C=S) groups is 1. The van der Waals surface area contributed by atoms with Gasteiger partial charge in [0.1, 0.15) is 5.82 Å². The van der Waals surface area contributed by atoms with Crippen molar-refractivity contribution in [2.45, 2.75) is 25.9 Å². The van der Waals surface area contributed by atoms with Gasteiger partial charge < -0.3 is 14.8 Å². The summed E-state index contributed by atoms with van der Waals surface area (Å²) in [7, 11) is 0. The minimum atomic E-state index is -0.256. The first kappa shape index (κ1) is 21.8. The van der Waals surface area contributed by atoms with Crippen molar-refractivity contribution in [2.75, 3.05) is 4.90 Å². The maximum absolute atomic E-state index is 14.0. The molecule has 1 saturated heterocycles. The van der Waals surface area contributed by atoms with Gasteiger partial charge in [0.15, 0.2) is 5.11 Å². The van der Waals surface area contributed by atoms with E-state index < -0.39 is 0 Å². The predicted molar refractivity (Wildman–Crippen MR) is 137 cm³/mol. The van der Waals surface area contributed by atoms with E-state index in [1.807, 2.05) is 43.3 Å². The van der Waals surface area contributed by atoms with Gasteiger partial charge >= 0.3 is 0 Å². The van der Waals surface area contributed by atoms with Gasteiger partial charge in [-0.25, -0.2) is 4.39 Å². The van der Waals surface area contributed by atoms with Crippen molar-refractivity contribution in [3.63, 3.8) is 0 Å². The van der Waals surface area contributed by atoms with Gasteiger partial charge in [-0.05, 0) is 92.3 Å². The summed E-state index contributed by atoms with van der Waals surface area (Å²) in [5.41, 5.74) is 5.89. The molecule has 1 aliphatic heterocycles. The summed E-state index contributed by atoms with van der Waals surface area (Å²) in [6.45, 7) is 4.12. The number of aryl methyl sites for hydroxylation is 1. The Labute approximate surface area is 206 Å². The van der Waals surface area contributed by atoms with Crippen LogP contribution in [0.1, 0.15) is 34.7 Å². The topological polar surface area (TPSA) is 33.1 Å². The second-order valence-electron chi connectivity index (χ2n) is 8.11. The molecule has 3 heterocycles. The summed E-state index contributed by atoms with van der Waals surface area (Å²) in [6.07, 6.45) is 1.80. The van der Waals surface area contributed by atoms with Gasteiger partial charge in [-0.1, -0.05) is 28.1 Å². The third-order valence-electron chi connectivity index (χ3n) is 6.06. The van der Waals surface area contributed by atoms with Crippen molar-refractivity contribution in [2.24, 2.45) is 0 Å². The predicted octanol–water partition coefficient (Wildman–Crippen LogP) is 6.57. The quantitative estimate of drug-likeness (QED) is 0.308. The van der Waals surface area contributed by atoms with Gasteiger partial charge in [-0.15, -0.1) is 0 Å². The van der Waals surface area contributed by atoms with Crippen LogP contribution in [0.15, 0.2) is 83.5 Å². The lowest BCUT2D eigenvalue weighted by Gasteiger charge is -2.28. The number of nitrogens with zero attached hydrogens (tertiary/aromatic N) is 3. The minimum Gasteiger partial charge on any atom is -0.351 e. The fraction of sp³-hybridized carbons (Fsp3) is 0.154. The number of pyridine rings is 1. The smallest absolute Gasteiger partial charge is 0.174 e. The summed E-state index contributed by atoms with van der Waals surface area (Å²) < 4.78 is 17.1. The van der Waals surface area contributed by atoms with E-state index in [-0.39, 0.29) is 17.9 Å². The molecule has 7 heteroatoms. The molecular weight excluding hydrogens is 499 g/mol. The summed E-state index contributed by atoms with van der Waals surface area (Å²) in [4.78, 5) is 6.78. The molecule has 4 aromatic rings. The standard InChI is InChI=1S/C26H22BrFN4S/c1-16-14-22(17(2)31(16)21-7-5-6-19(28)15-21)25-24(23-8-3-4-13-29-23)30-26(33)32(25)20-11-9-18(27)10-12-20/h3-15,24-25H,1-2H3,(H,30,33). The van der Waals surface area contributed by atoms with Crippen LogP contribution in [0.3, 0.4) is 0 Å². The summed E-state index contributed by atoms with van der Waals surface area (Å²) in [5, 5.41) is 4.15. The van der Waals surface area contributed by atoms with Crippen molar-refractivity contribution in [1.82, 2.24) is 14.9 Å². The number of halogens is 2. The van der Waals surface area contributed by atoms with Crippen molar-refractivity contribution >= 4 is 38.9 Å². The molecule has 33 heavy (non-hydrogen) atoms. The Kier molecular flexibility index (Phi) is 5.76. The molecule has 0 bridgehead atoms. The van der Waals surface area contributed by atoms with Crippen LogP contribution in [0.2, 0.25) is 0 Å². The lowest BCUT2D eigenvalue weighted by atomic mass is 9.96. The van der Waals surface area contributed by atoms with E-state index in [9.17, 15) is 4.39 Å². The maximum atomic E-state index is 14.0. The Morgan fingerprint density at radius 3 is 2.45 bits per heavy atom. The van der Waals surface area contributed by atoms with E-state index in [0.29, 0.717) is 5.11 Å². The van der Waals surface area contributed by atoms with Gasteiger partial charge in [0.05, 0.1) is 17.8 Å². The molecule has 166 valence electrons. The van der Waals surface area contributed by atoms with Crippen LogP contribution in [0.5, 0.6) is 0 Å². The van der Waals surface area contributed by atoms with E-state index in [4.69, 9.17) is 12.2 Å². The van der Waals surface area contributed by atoms with Crippen LogP contribution in [0.4, 0.5) is 10.1 Å². The number of benzene rings is 2. The molecule has 5 rings (SSSR count). The third kappa shape index (κ3) is 3.96. The fourth-order valence-corrected chi connectivity index (χ4v) is 5.26. The lowest BCUT2D eigenvalue weighted by Crippen LogP contribution is -2.29. The van der Waals surface area contributed by atoms with Gasteiger partial charge in [0, 0.05) is 33.4 Å². The average molecular weight is 521 g/mol. The van der Waals surface area contributed by atoms with Crippen LogP contribution in [0.25, 0.3) is 5.69 Å². The van der Waals surface area contributed by atoms with Crippen LogP contribution >= 0.6 is 28.1 Å². The van der Waals surface area contributed by atoms with Crippen LogP contribution < -0.4 is 10.2 Å². The number of hydrogen-bond acceptors (Lipinski definition) is 2. The first-order valence-corrected chi connectivity index (χ1v) is 11.8. The molecular formula is C26H22BrFN4S. The molecule has 0 radical (unpaired) electrons. The van der Waals surface area contributed by atoms with Gasteiger partial charge in [-0.2, -0.15) is 0 Å². The second kappa shape index (κ2) is 8.72. The Morgan fingerprint density at radius 1 is 0.970 bits per heavy atom. The third-order valence-corrected chi connectivity index (χ3v) is 6.90. The second-order valence-corrected chi connectivity index (χ2v) is 9.42. The zero-order chi connectivity index (χ0) is 23.1. The normalized spacial score (nSPS) is 17.9. The number of aromatic nitrogens is 2. The Balaban J connectivity index is 1.68. The zero-order valence-electron chi connectivity index (χ0n) is 18.2. The number of hydrogen-bond donors (Lipinski definition) is 1. The van der Waals surface area contributed by atoms with Crippen LogP contribution in [-0.2, 0) is 0 Å². The highest BCUT2D eigenvalue weighted by Crippen LogP contribution is 2.43. The van der Waals surface area contributed by atoms with E-state index in [1.54, 1.807) is 18.3 Å². The van der Waals surface area contributed by atoms with Gasteiger partial charge in [-0.3, -0.25) is 4.98 Å². The summed E-state index contributed by atoms with van der Waals surface area (Å²) in [5.74, 6) is -0.256. The van der Waals surface area contributed by atoms with E-state index in [1.165, 1.54) is 6.07 Å². The minimum absolute atomic E-state index is 0.123. The highest BCUT2D eigenvalue weighted by atomic mass is 79.9. The highest BCUT2D eigenvalue weighted by Gasteiger charge is 2.42. The molecule has 0 aliphatic carbocycles. The molecule has 2 unspecified atom stereocenters. The Bertz CT molecular complexity index is 1320. The fourth-order valence-electron chi connectivity index (χ4n) is 4.65. The molecule has 1 fully saturated rings. The maximum Gasteiger partial charge on any atom is 0.174 e. The van der Waals surface area contributed by atoms with E-state index >= 15 is 0 Å². The van der Waals surface area contributed by atoms with E-state index in [2.05, 4.69) is 60.8 Å². The molecule has 2 aromatic heterocycles. The summed E-state index contributed by atoms with van der Waals surface area (Å²) in [6, 6.07) is 22.6. The van der Waals surface area contributed by atoms with Crippen molar-refractivity contribution in [3.8, 4) is 5.69 Å². The molecule has 2 atom stereocenters. The number of anilines is 1. The van der Waals surface area contributed by atoms with Crippen molar-refractivity contribution in [3.05, 3.63) is 112 Å². The monoisotopic (exact) mass is 520 g/mol. The zero-order valence-corrected chi connectivity index (χ0v) is 20.6. The number of nitrogens with one attached hydrogen (secondary N) is 1. The van der Waals surface area contributed by atoms with Crippen LogP contribution in [0, 0.1) is 19.7 Å². The molecule has 4 nitrogen and oxygen atoms in total. The largest absolute Gasteiger partial charge is 0.351 e. The van der Waals surface area contributed by atoms with Gasteiger partial charge in [0.2, 0.25) is 0 Å². The molecule has 1 aliphatic rings. The number of rotatable bonds is 4. The lowest BCUT2D eigenvalue weighted by molar-refractivity contribution is 0.565. The summed E-state index contributed by atoms with van der Waals surface area (Å²) >= 11 is 9.34. The van der Waals surface area contributed by atoms with Crippen LogP contribution in [-0.4, -0.2) is 14.7 Å². The van der Waals surface area contributed by atoms with Gasteiger partial charge in [0.25, 0.3) is 0 Å². The first-order chi connectivity index (χ1) is 15.9. The molecule has 1 N–H and O–H groups in total. The van der Waals surface area contributed by atoms with Crippen molar-refractivity contribution < 1.29 is 4.39 Å². The van der Waals surface area contributed by atoms with E-state index in [0.717, 1.165) is 38.5 Å². The Morgan fingerprint density at radius 2 is 1.76 bits per heavy atom. The molecule has 0 saturated carbocycles.